The summed E-state index contributed by atoms with van der Waals surface area (Å²) in [6.45, 7) is 3.48. The summed E-state index contributed by atoms with van der Waals surface area (Å²) >= 11 is 0. The molecular formula is C24H30N2O5. The van der Waals surface area contributed by atoms with Crippen molar-refractivity contribution in [2.45, 2.75) is 44.0 Å². The summed E-state index contributed by atoms with van der Waals surface area (Å²) in [5, 5.41) is 24.1. The second-order valence-corrected chi connectivity index (χ2v) is 8.50. The number of ether oxygens (including phenoxy) is 2. The zero-order valence-electron chi connectivity index (χ0n) is 18.0. The number of nitrogens with zero attached hydrogens (tertiary/aromatic N) is 1. The van der Waals surface area contributed by atoms with Gasteiger partial charge in [-0.3, -0.25) is 4.79 Å². The fourth-order valence-electron chi connectivity index (χ4n) is 4.61. The normalized spacial score (nSPS) is 21.1. The van der Waals surface area contributed by atoms with Crippen molar-refractivity contribution in [3.63, 3.8) is 0 Å². The minimum Gasteiger partial charge on any atom is -0.495 e. The third kappa shape index (κ3) is 4.69. The highest BCUT2D eigenvalue weighted by molar-refractivity contribution is 5.90. The Morgan fingerprint density at radius 1 is 1.29 bits per heavy atom. The molecule has 2 aliphatic rings. The first-order valence-electron chi connectivity index (χ1n) is 10.7. The van der Waals surface area contributed by atoms with Crippen molar-refractivity contribution in [2.24, 2.45) is 0 Å². The number of benzene rings is 2. The van der Waals surface area contributed by atoms with Gasteiger partial charge in [-0.1, -0.05) is 24.3 Å². The van der Waals surface area contributed by atoms with Crippen LogP contribution in [0, 0.1) is 0 Å². The molecule has 2 atom stereocenters. The Balaban J connectivity index is 1.39. The lowest BCUT2D eigenvalue weighted by Gasteiger charge is -2.46. The Hall–Kier alpha value is -2.61. The lowest BCUT2D eigenvalue weighted by Crippen LogP contribution is -2.51. The molecule has 4 rings (SSSR count). The summed E-state index contributed by atoms with van der Waals surface area (Å²) in [6.07, 6.45) is 0.994. The van der Waals surface area contributed by atoms with Crippen LogP contribution in [0.5, 0.6) is 11.5 Å². The molecule has 0 aliphatic carbocycles. The Morgan fingerprint density at radius 3 is 2.74 bits per heavy atom. The van der Waals surface area contributed by atoms with E-state index in [4.69, 9.17) is 9.47 Å². The number of amides is 1. The molecule has 1 spiro atoms. The number of piperidine rings is 1. The van der Waals surface area contributed by atoms with Crippen LogP contribution in [0.15, 0.2) is 42.5 Å². The van der Waals surface area contributed by atoms with Gasteiger partial charge in [-0.05, 0) is 36.6 Å². The van der Waals surface area contributed by atoms with Gasteiger partial charge >= 0.3 is 0 Å². The number of hydrogen-bond acceptors (Lipinski definition) is 6. The standard InChI is InChI=1S/C24H30N2O5/c1-16(27)25-19-13-17(7-8-23(19)30-2)21(29)15-26-11-9-24(10-12-26)14-20(28)18-5-3-4-6-22(18)31-24/h3-8,13,20-21,28-29H,9-12,14-15H2,1-2H3,(H,25,27)/t20-,21-/m1/s1. The second-order valence-electron chi connectivity index (χ2n) is 8.50. The quantitative estimate of drug-likeness (QED) is 0.681. The molecule has 7 heteroatoms. The molecule has 3 N–H and O–H groups in total. The number of aliphatic hydroxyl groups excluding tert-OH is 2. The number of aliphatic hydroxyl groups is 2. The Labute approximate surface area is 182 Å². The molecule has 2 aliphatic heterocycles. The summed E-state index contributed by atoms with van der Waals surface area (Å²) in [5.74, 6) is 1.14. The van der Waals surface area contributed by atoms with E-state index in [1.54, 1.807) is 19.2 Å². The van der Waals surface area contributed by atoms with Crippen LogP contribution in [0.4, 0.5) is 5.69 Å². The third-order valence-electron chi connectivity index (χ3n) is 6.29. The first kappa shape index (κ1) is 21.6. The van der Waals surface area contributed by atoms with Crippen molar-refractivity contribution >= 4 is 11.6 Å². The molecule has 7 nitrogen and oxygen atoms in total. The topological polar surface area (TPSA) is 91.3 Å². The highest BCUT2D eigenvalue weighted by atomic mass is 16.5. The molecule has 2 aromatic carbocycles. The number of para-hydroxylation sites is 1. The lowest BCUT2D eigenvalue weighted by atomic mass is 9.81. The van der Waals surface area contributed by atoms with Crippen molar-refractivity contribution in [1.29, 1.82) is 0 Å². The fraction of sp³-hybridized carbons (Fsp3) is 0.458. The Kier molecular flexibility index (Phi) is 6.18. The molecule has 0 radical (unpaired) electrons. The average Bonchev–Trinajstić information content (AvgIpc) is 2.75. The molecule has 2 aromatic rings. The number of likely N-dealkylation sites (tertiary alicyclic amines) is 1. The highest BCUT2D eigenvalue weighted by Gasteiger charge is 2.42. The monoisotopic (exact) mass is 426 g/mol. The number of fused-ring (bicyclic) bond motifs is 1. The number of methoxy groups -OCH3 is 1. The van der Waals surface area contributed by atoms with E-state index in [0.717, 1.165) is 42.8 Å². The van der Waals surface area contributed by atoms with E-state index in [0.29, 0.717) is 24.4 Å². The predicted octanol–water partition coefficient (Wildman–Crippen LogP) is 3.04. The molecule has 1 fully saturated rings. The molecule has 0 saturated carbocycles. The van der Waals surface area contributed by atoms with E-state index in [1.807, 2.05) is 30.3 Å². The largest absolute Gasteiger partial charge is 0.495 e. The van der Waals surface area contributed by atoms with Crippen LogP contribution in [0.2, 0.25) is 0 Å². The van der Waals surface area contributed by atoms with Crippen LogP contribution in [0.25, 0.3) is 0 Å². The van der Waals surface area contributed by atoms with Crippen LogP contribution >= 0.6 is 0 Å². The maximum absolute atomic E-state index is 11.5. The maximum atomic E-state index is 11.5. The zero-order valence-corrected chi connectivity index (χ0v) is 18.0. The van der Waals surface area contributed by atoms with Gasteiger partial charge in [-0.25, -0.2) is 0 Å². The molecule has 2 heterocycles. The van der Waals surface area contributed by atoms with E-state index in [-0.39, 0.29) is 11.5 Å². The number of rotatable bonds is 5. The SMILES string of the molecule is COc1ccc([C@H](O)CN2CCC3(CC2)C[C@@H](O)c2ccccc2O3)cc1NC(C)=O. The molecule has 0 bridgehead atoms. The first-order chi connectivity index (χ1) is 14.9. The number of anilines is 1. The number of carbonyl (C=O) groups is 1. The number of carbonyl (C=O) groups excluding carboxylic acids is 1. The minimum absolute atomic E-state index is 0.192. The predicted molar refractivity (Wildman–Crippen MR) is 117 cm³/mol. The van der Waals surface area contributed by atoms with Crippen LogP contribution in [-0.2, 0) is 4.79 Å². The van der Waals surface area contributed by atoms with Crippen LogP contribution in [0.1, 0.15) is 49.5 Å². The van der Waals surface area contributed by atoms with Gasteiger partial charge < -0.3 is 29.9 Å². The van der Waals surface area contributed by atoms with Crippen molar-refractivity contribution in [1.82, 2.24) is 4.90 Å². The van der Waals surface area contributed by atoms with E-state index in [1.165, 1.54) is 6.92 Å². The van der Waals surface area contributed by atoms with Gasteiger partial charge in [-0.15, -0.1) is 0 Å². The van der Waals surface area contributed by atoms with Crippen molar-refractivity contribution < 1.29 is 24.5 Å². The zero-order chi connectivity index (χ0) is 22.0. The van der Waals surface area contributed by atoms with E-state index in [2.05, 4.69) is 10.2 Å². The summed E-state index contributed by atoms with van der Waals surface area (Å²) in [5.41, 5.74) is 1.78. The van der Waals surface area contributed by atoms with E-state index < -0.39 is 12.2 Å². The van der Waals surface area contributed by atoms with Gasteiger partial charge in [-0.2, -0.15) is 0 Å². The van der Waals surface area contributed by atoms with Gasteiger partial charge in [0.25, 0.3) is 0 Å². The molecule has 0 unspecified atom stereocenters. The van der Waals surface area contributed by atoms with E-state index in [9.17, 15) is 15.0 Å². The maximum Gasteiger partial charge on any atom is 0.221 e. The molecular weight excluding hydrogens is 396 g/mol. The molecule has 0 aromatic heterocycles. The van der Waals surface area contributed by atoms with E-state index >= 15 is 0 Å². The van der Waals surface area contributed by atoms with Gasteiger partial charge in [0.05, 0.1) is 25.0 Å². The van der Waals surface area contributed by atoms with Gasteiger partial charge in [0, 0.05) is 38.5 Å². The molecule has 1 amide bonds. The van der Waals surface area contributed by atoms with Gasteiger partial charge in [0.2, 0.25) is 5.91 Å². The lowest BCUT2D eigenvalue weighted by molar-refractivity contribution is -0.114. The Bertz CT molecular complexity index is 939. The Morgan fingerprint density at radius 2 is 2.03 bits per heavy atom. The summed E-state index contributed by atoms with van der Waals surface area (Å²) < 4.78 is 11.6. The number of β-amino-alcohol motifs (C(OH)–C–C–N with tert-alkyl or cyclic N) is 1. The molecule has 31 heavy (non-hydrogen) atoms. The third-order valence-corrected chi connectivity index (χ3v) is 6.29. The first-order valence-corrected chi connectivity index (χ1v) is 10.7. The van der Waals surface area contributed by atoms with Crippen molar-refractivity contribution in [2.75, 3.05) is 32.1 Å². The van der Waals surface area contributed by atoms with Crippen LogP contribution in [0.3, 0.4) is 0 Å². The number of nitrogens with one attached hydrogen (secondary N) is 1. The van der Waals surface area contributed by atoms with Gasteiger partial charge in [0.1, 0.15) is 17.1 Å². The molecule has 1 saturated heterocycles. The van der Waals surface area contributed by atoms with Crippen LogP contribution in [-0.4, -0.2) is 53.4 Å². The highest BCUT2D eigenvalue weighted by Crippen LogP contribution is 2.44. The smallest absolute Gasteiger partial charge is 0.221 e. The van der Waals surface area contributed by atoms with Gasteiger partial charge in [0.15, 0.2) is 0 Å². The van der Waals surface area contributed by atoms with Crippen molar-refractivity contribution in [3.05, 3.63) is 53.6 Å². The number of hydrogen-bond donors (Lipinski definition) is 3. The average molecular weight is 427 g/mol. The molecule has 166 valence electrons. The summed E-state index contributed by atoms with van der Waals surface area (Å²) in [7, 11) is 1.54. The minimum atomic E-state index is -0.689. The van der Waals surface area contributed by atoms with Crippen LogP contribution < -0.4 is 14.8 Å². The summed E-state index contributed by atoms with van der Waals surface area (Å²) in [4.78, 5) is 13.7. The summed E-state index contributed by atoms with van der Waals surface area (Å²) in [6, 6.07) is 13.0. The fourth-order valence-corrected chi connectivity index (χ4v) is 4.61. The second kappa shape index (κ2) is 8.86. The van der Waals surface area contributed by atoms with Crippen molar-refractivity contribution in [3.8, 4) is 11.5 Å².